The van der Waals surface area contributed by atoms with E-state index in [1.54, 1.807) is 0 Å². The summed E-state index contributed by atoms with van der Waals surface area (Å²) in [4.78, 5) is 0. The fraction of sp³-hybridized carbons (Fsp3) is 0.250. The maximum absolute atomic E-state index is 13.9. The minimum atomic E-state index is -5.90. The number of hydrogen-bond donors (Lipinski definition) is 1. The second-order valence-corrected chi connectivity index (χ2v) is 5.35. The molecular formula is C16H10F9NO. The van der Waals surface area contributed by atoms with Gasteiger partial charge in [-0.05, 0) is 24.3 Å². The summed E-state index contributed by atoms with van der Waals surface area (Å²) in [6.07, 6.45) is -15.2. The predicted octanol–water partition coefficient (Wildman–Crippen LogP) is 6.07. The average Bonchev–Trinajstić information content (AvgIpc) is 2.52. The molecule has 0 heterocycles. The predicted molar refractivity (Wildman–Crippen MR) is 77.2 cm³/mol. The molecule has 0 aliphatic carbocycles. The molecule has 1 atom stereocenters. The second kappa shape index (κ2) is 6.86. The Kier molecular flexibility index (Phi) is 5.26. The van der Waals surface area contributed by atoms with E-state index in [0.29, 0.717) is 24.3 Å². The molecule has 11 heteroatoms. The third-order valence-corrected chi connectivity index (χ3v) is 3.56. The van der Waals surface area contributed by atoms with Crippen LogP contribution in [0.5, 0.6) is 11.5 Å². The minimum Gasteiger partial charge on any atom is -0.457 e. The van der Waals surface area contributed by atoms with Crippen LogP contribution < -0.4 is 10.5 Å². The number of halogens is 9. The number of anilines is 1. The molecule has 0 bridgehead atoms. The van der Waals surface area contributed by atoms with Crippen molar-refractivity contribution in [2.45, 2.75) is 24.4 Å². The fourth-order valence-electron chi connectivity index (χ4n) is 2.24. The van der Waals surface area contributed by atoms with Gasteiger partial charge in [0.05, 0.1) is 0 Å². The molecule has 0 aromatic heterocycles. The van der Waals surface area contributed by atoms with E-state index < -0.39 is 52.8 Å². The zero-order chi connectivity index (χ0) is 20.6. The molecule has 0 aliphatic heterocycles. The van der Waals surface area contributed by atoms with Crippen molar-refractivity contribution in [2.24, 2.45) is 0 Å². The van der Waals surface area contributed by atoms with Crippen molar-refractivity contribution in [1.82, 2.24) is 0 Å². The Hall–Kier alpha value is -2.59. The molecule has 0 saturated heterocycles. The molecule has 0 saturated carbocycles. The minimum absolute atomic E-state index is 0.356. The Balaban J connectivity index is 2.40. The van der Waals surface area contributed by atoms with Gasteiger partial charge in [0.2, 0.25) is 0 Å². The Morgan fingerprint density at radius 3 is 1.81 bits per heavy atom. The summed E-state index contributed by atoms with van der Waals surface area (Å²) in [7, 11) is 0. The molecule has 2 N–H and O–H groups in total. The summed E-state index contributed by atoms with van der Waals surface area (Å²) < 4.78 is 121. The van der Waals surface area contributed by atoms with Crippen LogP contribution in [0, 0.1) is 0 Å². The molecule has 0 aliphatic rings. The van der Waals surface area contributed by atoms with Crippen LogP contribution >= 0.6 is 0 Å². The lowest BCUT2D eigenvalue weighted by atomic mass is 9.95. The Morgan fingerprint density at radius 2 is 1.37 bits per heavy atom. The summed E-state index contributed by atoms with van der Waals surface area (Å²) in [6, 6.07) is 5.00. The largest absolute Gasteiger partial charge is 0.457 e. The molecule has 2 nitrogen and oxygen atoms in total. The molecule has 2 aromatic rings. The van der Waals surface area contributed by atoms with E-state index in [4.69, 9.17) is 10.5 Å². The smallest absolute Gasteiger partial charge is 0.432 e. The number of alkyl halides is 9. The molecule has 148 valence electrons. The van der Waals surface area contributed by atoms with Crippen LogP contribution in [0.15, 0.2) is 42.5 Å². The summed E-state index contributed by atoms with van der Waals surface area (Å²) in [6.45, 7) is 0. The lowest BCUT2D eigenvalue weighted by Gasteiger charge is -2.27. The normalized spacial score (nSPS) is 14.9. The van der Waals surface area contributed by atoms with Crippen LogP contribution in [0.1, 0.15) is 11.1 Å². The monoisotopic (exact) mass is 403 g/mol. The Labute approximate surface area is 146 Å². The first kappa shape index (κ1) is 20.7. The highest BCUT2D eigenvalue weighted by molar-refractivity contribution is 5.56. The van der Waals surface area contributed by atoms with Crippen molar-refractivity contribution < 1.29 is 44.3 Å². The molecule has 27 heavy (non-hydrogen) atoms. The summed E-state index contributed by atoms with van der Waals surface area (Å²) in [5, 5.41) is 0. The quantitative estimate of drug-likeness (QED) is 0.497. The zero-order valence-electron chi connectivity index (χ0n) is 13.0. The number of nitrogens with two attached hydrogens (primary N) is 1. The maximum Gasteiger partial charge on any atom is 0.432 e. The van der Waals surface area contributed by atoms with E-state index in [1.807, 2.05) is 0 Å². The molecule has 0 amide bonds. The van der Waals surface area contributed by atoms with Crippen LogP contribution in [0.25, 0.3) is 0 Å². The van der Waals surface area contributed by atoms with Crippen molar-refractivity contribution in [3.05, 3.63) is 53.6 Å². The maximum atomic E-state index is 13.9. The highest BCUT2D eigenvalue weighted by Gasteiger charge is 2.63. The lowest BCUT2D eigenvalue weighted by Crippen LogP contribution is -2.44. The van der Waals surface area contributed by atoms with Crippen LogP contribution in [0.3, 0.4) is 0 Å². The van der Waals surface area contributed by atoms with Crippen LogP contribution in [0.2, 0.25) is 0 Å². The zero-order valence-corrected chi connectivity index (χ0v) is 13.0. The molecule has 0 fully saturated rings. The van der Waals surface area contributed by atoms with E-state index in [-0.39, 0.29) is 0 Å². The topological polar surface area (TPSA) is 35.2 Å². The molecule has 0 radical (unpaired) electrons. The third kappa shape index (κ3) is 3.91. The van der Waals surface area contributed by atoms with Gasteiger partial charge in [0.15, 0.2) is 0 Å². The summed E-state index contributed by atoms with van der Waals surface area (Å²) >= 11 is 0. The van der Waals surface area contributed by atoms with Gasteiger partial charge in [0.1, 0.15) is 17.1 Å². The van der Waals surface area contributed by atoms with Crippen molar-refractivity contribution in [2.75, 3.05) is 5.73 Å². The lowest BCUT2D eigenvalue weighted by molar-refractivity contribution is -0.274. The highest BCUT2D eigenvalue weighted by Crippen LogP contribution is 2.47. The number of hydrogen-bond acceptors (Lipinski definition) is 2. The van der Waals surface area contributed by atoms with Gasteiger partial charge in [-0.25, -0.2) is 13.2 Å². The van der Waals surface area contributed by atoms with Crippen molar-refractivity contribution >= 4 is 5.69 Å². The average molecular weight is 403 g/mol. The van der Waals surface area contributed by atoms with Crippen LogP contribution in [-0.4, -0.2) is 12.6 Å². The van der Waals surface area contributed by atoms with E-state index in [9.17, 15) is 39.5 Å². The van der Waals surface area contributed by atoms with Crippen molar-refractivity contribution in [3.8, 4) is 11.5 Å². The van der Waals surface area contributed by atoms with Crippen LogP contribution in [0.4, 0.5) is 45.2 Å². The van der Waals surface area contributed by atoms with Gasteiger partial charge in [-0.1, -0.05) is 18.2 Å². The number of nitrogen functional groups attached to an aromatic ring is 1. The van der Waals surface area contributed by atoms with E-state index in [2.05, 4.69) is 0 Å². The third-order valence-electron chi connectivity index (χ3n) is 3.56. The first-order valence-electron chi connectivity index (χ1n) is 7.06. The Morgan fingerprint density at radius 1 is 0.815 bits per heavy atom. The first-order chi connectivity index (χ1) is 12.3. The molecule has 2 rings (SSSR count). The Bertz CT molecular complexity index is 799. The van der Waals surface area contributed by atoms with Crippen molar-refractivity contribution in [3.63, 3.8) is 0 Å². The molecule has 2 aromatic carbocycles. The SMILES string of the molecule is Nc1cccc(Oc2ccc(C(F)(C(F)F)C(F)(F)F)cc2)c1C(F)(F)F. The van der Waals surface area contributed by atoms with E-state index in [0.717, 1.165) is 18.2 Å². The number of ether oxygens (including phenoxy) is 1. The first-order valence-corrected chi connectivity index (χ1v) is 7.06. The van der Waals surface area contributed by atoms with Gasteiger partial charge in [-0.3, -0.25) is 0 Å². The van der Waals surface area contributed by atoms with Gasteiger partial charge in [-0.2, -0.15) is 26.3 Å². The van der Waals surface area contributed by atoms with Gasteiger partial charge in [0.25, 0.3) is 12.1 Å². The second-order valence-electron chi connectivity index (χ2n) is 5.35. The van der Waals surface area contributed by atoms with Crippen molar-refractivity contribution in [1.29, 1.82) is 0 Å². The van der Waals surface area contributed by atoms with E-state index in [1.165, 1.54) is 0 Å². The van der Waals surface area contributed by atoms with E-state index >= 15 is 0 Å². The molecule has 0 spiro atoms. The van der Waals surface area contributed by atoms with Gasteiger partial charge >= 0.3 is 12.4 Å². The molecule has 1 unspecified atom stereocenters. The standard InChI is InChI=1S/C16H10F9NO/c17-13(18)14(19,16(23,24)25)8-4-6-9(7-5-8)27-11-3-1-2-10(26)12(11)15(20,21)22/h1-7,13H,26H2. The fourth-order valence-corrected chi connectivity index (χ4v) is 2.24. The number of rotatable bonds is 4. The van der Waals surface area contributed by atoms with Crippen LogP contribution in [-0.2, 0) is 11.8 Å². The summed E-state index contributed by atoms with van der Waals surface area (Å²) in [5.74, 6) is -1.19. The molecular weight excluding hydrogens is 393 g/mol. The highest BCUT2D eigenvalue weighted by atomic mass is 19.4. The van der Waals surface area contributed by atoms with Gasteiger partial charge < -0.3 is 10.5 Å². The van der Waals surface area contributed by atoms with Gasteiger partial charge in [0, 0.05) is 11.3 Å². The van der Waals surface area contributed by atoms with Gasteiger partial charge in [-0.15, -0.1) is 0 Å². The summed E-state index contributed by atoms with van der Waals surface area (Å²) in [5.41, 5.74) is -3.06. The number of benzene rings is 2.